The Morgan fingerprint density at radius 1 is 0.932 bits per heavy atom. The van der Waals surface area contributed by atoms with Gasteiger partial charge in [0.2, 0.25) is 11.8 Å². The molecule has 1 atom stereocenters. The Hall–Kier alpha value is -3.89. The van der Waals surface area contributed by atoms with E-state index < -0.39 is 23.7 Å². The Labute approximate surface area is 258 Å². The van der Waals surface area contributed by atoms with Crippen molar-refractivity contribution in [2.24, 2.45) is 5.92 Å². The van der Waals surface area contributed by atoms with Crippen LogP contribution in [-0.2, 0) is 28.9 Å². The minimum Gasteiger partial charge on any atom is -0.371 e. The van der Waals surface area contributed by atoms with E-state index in [-0.39, 0.29) is 23.9 Å². The van der Waals surface area contributed by atoms with Crippen LogP contribution in [0.5, 0.6) is 0 Å². The molecule has 3 aliphatic heterocycles. The van der Waals surface area contributed by atoms with Crippen LogP contribution in [0.25, 0.3) is 11.1 Å². The van der Waals surface area contributed by atoms with Crippen molar-refractivity contribution >= 4 is 35.0 Å². The molecular formula is C33H32ClF3N4O3. The van der Waals surface area contributed by atoms with Crippen LogP contribution in [0.2, 0.25) is 5.02 Å². The van der Waals surface area contributed by atoms with E-state index in [2.05, 4.69) is 10.6 Å². The monoisotopic (exact) mass is 624 g/mol. The summed E-state index contributed by atoms with van der Waals surface area (Å²) in [4.78, 5) is 40.1. The first kappa shape index (κ1) is 30.1. The summed E-state index contributed by atoms with van der Waals surface area (Å²) in [6, 6.07) is 16.3. The summed E-state index contributed by atoms with van der Waals surface area (Å²) in [5, 5.41) is 6.26. The molecule has 3 amide bonds. The molecule has 0 saturated carbocycles. The number of anilines is 1. The molecule has 3 heterocycles. The SMILES string of the molecule is O=C1CCC(N2Cc3cc(CNCC4CCN(c5ccc(-c6cccc(Cl)c6)cc5C(F)(F)F)CC4)ccc3C2=O)C(=O)N1. The van der Waals surface area contributed by atoms with E-state index >= 15 is 0 Å². The van der Waals surface area contributed by atoms with Gasteiger partial charge in [-0.05, 0) is 84.3 Å². The number of hydrogen-bond donors (Lipinski definition) is 2. The standard InChI is InChI=1S/C33H32ClF3N4O3/c34-25-3-1-2-22(15-25)23-5-7-28(27(16-23)33(35,36)37)40-12-10-20(11-13-40)17-38-18-21-4-6-26-24(14-21)19-41(32(26)44)29-8-9-30(42)39-31(29)43/h1-7,14-16,20,29,38H,8-13,17-19H2,(H,39,42,43). The molecule has 3 aromatic rings. The minimum absolute atomic E-state index is 0.200. The highest BCUT2D eigenvalue weighted by atomic mass is 35.5. The van der Waals surface area contributed by atoms with E-state index in [1.54, 1.807) is 42.5 Å². The zero-order valence-electron chi connectivity index (χ0n) is 23.9. The number of piperidine rings is 2. The van der Waals surface area contributed by atoms with Gasteiger partial charge in [-0.15, -0.1) is 0 Å². The molecule has 0 spiro atoms. The number of rotatable bonds is 7. The molecule has 6 rings (SSSR count). The van der Waals surface area contributed by atoms with Gasteiger partial charge in [0.25, 0.3) is 5.91 Å². The maximum Gasteiger partial charge on any atom is 0.418 e. The Balaban J connectivity index is 1.03. The second-order valence-electron chi connectivity index (χ2n) is 11.7. The molecule has 1 unspecified atom stereocenters. The van der Waals surface area contributed by atoms with Crippen molar-refractivity contribution in [2.75, 3.05) is 24.5 Å². The summed E-state index contributed by atoms with van der Waals surface area (Å²) >= 11 is 6.06. The van der Waals surface area contributed by atoms with Gasteiger partial charge in [0.05, 0.1) is 5.56 Å². The van der Waals surface area contributed by atoms with Gasteiger partial charge in [0.15, 0.2) is 0 Å². The van der Waals surface area contributed by atoms with Gasteiger partial charge in [0, 0.05) is 48.9 Å². The van der Waals surface area contributed by atoms with Gasteiger partial charge in [-0.2, -0.15) is 13.2 Å². The fraction of sp³-hybridized carbons (Fsp3) is 0.364. The lowest BCUT2D eigenvalue weighted by Crippen LogP contribution is -2.52. The second-order valence-corrected chi connectivity index (χ2v) is 12.1. The Bertz CT molecular complexity index is 1600. The zero-order valence-corrected chi connectivity index (χ0v) is 24.7. The molecule has 2 fully saturated rings. The molecule has 11 heteroatoms. The lowest BCUT2D eigenvalue weighted by molar-refractivity contribution is -0.138. The number of carbonyl (C=O) groups is 3. The first-order chi connectivity index (χ1) is 21.1. The van der Waals surface area contributed by atoms with Gasteiger partial charge in [-0.25, -0.2) is 0 Å². The average Bonchev–Trinajstić information content (AvgIpc) is 3.32. The third kappa shape index (κ3) is 6.32. The summed E-state index contributed by atoms with van der Waals surface area (Å²) in [6.45, 7) is 2.70. The normalized spacial score (nSPS) is 19.4. The predicted octanol–water partition coefficient (Wildman–Crippen LogP) is 5.79. The van der Waals surface area contributed by atoms with Crippen molar-refractivity contribution in [2.45, 2.75) is 51.0 Å². The van der Waals surface area contributed by atoms with Gasteiger partial charge in [0.1, 0.15) is 6.04 Å². The van der Waals surface area contributed by atoms with Gasteiger partial charge >= 0.3 is 6.18 Å². The third-order valence-electron chi connectivity index (χ3n) is 8.77. The summed E-state index contributed by atoms with van der Waals surface area (Å²) in [5.41, 5.74) is 3.11. The predicted molar refractivity (Wildman–Crippen MR) is 161 cm³/mol. The van der Waals surface area contributed by atoms with Gasteiger partial charge in [-0.1, -0.05) is 41.9 Å². The van der Waals surface area contributed by atoms with Gasteiger partial charge in [-0.3, -0.25) is 19.7 Å². The molecule has 0 aliphatic carbocycles. The summed E-state index contributed by atoms with van der Waals surface area (Å²) < 4.78 is 42.4. The molecular weight excluding hydrogens is 593 g/mol. The van der Waals surface area contributed by atoms with Crippen molar-refractivity contribution in [1.82, 2.24) is 15.5 Å². The number of benzene rings is 3. The lowest BCUT2D eigenvalue weighted by Gasteiger charge is -2.35. The number of nitrogens with zero attached hydrogens (tertiary/aromatic N) is 2. The van der Waals surface area contributed by atoms with E-state index in [1.165, 1.54) is 11.0 Å². The quantitative estimate of drug-likeness (QED) is 0.325. The van der Waals surface area contributed by atoms with E-state index in [9.17, 15) is 27.6 Å². The fourth-order valence-corrected chi connectivity index (χ4v) is 6.61. The fourth-order valence-electron chi connectivity index (χ4n) is 6.42. The summed E-state index contributed by atoms with van der Waals surface area (Å²) in [6.07, 6.45) is -2.42. The van der Waals surface area contributed by atoms with Crippen LogP contribution in [0.3, 0.4) is 0 Å². The minimum atomic E-state index is -4.48. The molecule has 2 saturated heterocycles. The van der Waals surface area contributed by atoms with Crippen LogP contribution >= 0.6 is 11.6 Å². The number of imide groups is 1. The largest absolute Gasteiger partial charge is 0.418 e. The molecule has 2 N–H and O–H groups in total. The molecule has 3 aliphatic rings. The van der Waals surface area contributed by atoms with Crippen LogP contribution in [-0.4, -0.2) is 48.3 Å². The highest BCUT2D eigenvalue weighted by Gasteiger charge is 2.39. The van der Waals surface area contributed by atoms with E-state index in [0.29, 0.717) is 60.2 Å². The Kier molecular flexibility index (Phi) is 8.39. The molecule has 0 aromatic heterocycles. The van der Waals surface area contributed by atoms with Crippen LogP contribution < -0.4 is 15.5 Å². The maximum atomic E-state index is 14.1. The highest BCUT2D eigenvalue weighted by molar-refractivity contribution is 6.30. The van der Waals surface area contributed by atoms with Crippen LogP contribution in [0.4, 0.5) is 18.9 Å². The number of carbonyl (C=O) groups excluding carboxylic acids is 3. The second kappa shape index (κ2) is 12.2. The first-order valence-corrected chi connectivity index (χ1v) is 15.1. The van der Waals surface area contributed by atoms with Crippen LogP contribution in [0.15, 0.2) is 60.7 Å². The van der Waals surface area contributed by atoms with Gasteiger partial charge < -0.3 is 15.1 Å². The number of alkyl halides is 3. The first-order valence-electron chi connectivity index (χ1n) is 14.8. The summed E-state index contributed by atoms with van der Waals surface area (Å²) in [7, 11) is 0. The van der Waals surface area contributed by atoms with Crippen molar-refractivity contribution in [3.63, 3.8) is 0 Å². The van der Waals surface area contributed by atoms with Crippen molar-refractivity contribution in [3.05, 3.63) is 87.9 Å². The van der Waals surface area contributed by atoms with Crippen molar-refractivity contribution < 1.29 is 27.6 Å². The zero-order chi connectivity index (χ0) is 31.0. The van der Waals surface area contributed by atoms with E-state index in [1.807, 2.05) is 17.0 Å². The van der Waals surface area contributed by atoms with Crippen LogP contribution in [0.1, 0.15) is 52.7 Å². The number of nitrogens with one attached hydrogen (secondary N) is 2. The Morgan fingerprint density at radius 2 is 1.70 bits per heavy atom. The molecule has 0 radical (unpaired) electrons. The Morgan fingerprint density at radius 3 is 2.43 bits per heavy atom. The maximum absolute atomic E-state index is 14.1. The summed E-state index contributed by atoms with van der Waals surface area (Å²) in [5.74, 6) is -0.623. The molecule has 230 valence electrons. The molecule has 44 heavy (non-hydrogen) atoms. The number of fused-ring (bicyclic) bond motifs is 1. The number of halogens is 4. The van der Waals surface area contributed by atoms with E-state index in [4.69, 9.17) is 11.6 Å². The number of amides is 3. The highest BCUT2D eigenvalue weighted by Crippen LogP contribution is 2.40. The molecule has 7 nitrogen and oxygen atoms in total. The van der Waals surface area contributed by atoms with Crippen molar-refractivity contribution in [1.29, 1.82) is 0 Å². The smallest absolute Gasteiger partial charge is 0.371 e. The van der Waals surface area contributed by atoms with Crippen LogP contribution in [0, 0.1) is 5.92 Å². The molecule has 0 bridgehead atoms. The van der Waals surface area contributed by atoms with Crippen molar-refractivity contribution in [3.8, 4) is 11.1 Å². The number of hydrogen-bond acceptors (Lipinski definition) is 5. The average molecular weight is 625 g/mol. The van der Waals surface area contributed by atoms with E-state index in [0.717, 1.165) is 30.5 Å². The topological polar surface area (TPSA) is 81.8 Å². The third-order valence-corrected chi connectivity index (χ3v) is 9.00. The lowest BCUT2D eigenvalue weighted by atomic mass is 9.94. The molecule has 3 aromatic carbocycles.